The summed E-state index contributed by atoms with van der Waals surface area (Å²) in [6, 6.07) is 4.78. The van der Waals surface area contributed by atoms with Crippen molar-refractivity contribution in [2.75, 3.05) is 18.5 Å². The van der Waals surface area contributed by atoms with Crippen molar-refractivity contribution in [3.05, 3.63) is 28.3 Å². The Balaban J connectivity index is 1.60. The van der Waals surface area contributed by atoms with Crippen molar-refractivity contribution in [2.24, 2.45) is 0 Å². The van der Waals surface area contributed by atoms with Crippen LogP contribution in [0.2, 0.25) is 0 Å². The van der Waals surface area contributed by atoms with Crippen molar-refractivity contribution in [1.82, 2.24) is 4.98 Å². The first kappa shape index (κ1) is 13.8. The largest absolute Gasteiger partial charge is 0.424 e. The van der Waals surface area contributed by atoms with Gasteiger partial charge in [-0.25, -0.2) is 0 Å². The molecule has 1 atom stereocenters. The third-order valence-corrected chi connectivity index (χ3v) is 3.60. The number of rotatable bonds is 5. The minimum absolute atomic E-state index is 0.0120. The first-order valence-electron chi connectivity index (χ1n) is 7.13. The Kier molecular flexibility index (Phi) is 4.01. The van der Waals surface area contributed by atoms with Crippen LogP contribution in [0.1, 0.15) is 25.7 Å². The van der Waals surface area contributed by atoms with Gasteiger partial charge in [-0.1, -0.05) is 0 Å². The second kappa shape index (κ2) is 6.09. The van der Waals surface area contributed by atoms with E-state index >= 15 is 0 Å². The van der Waals surface area contributed by atoms with Crippen LogP contribution < -0.4 is 5.32 Å². The van der Waals surface area contributed by atoms with Gasteiger partial charge in [0.15, 0.2) is 5.58 Å². The van der Waals surface area contributed by atoms with E-state index in [-0.39, 0.29) is 5.69 Å². The van der Waals surface area contributed by atoms with Gasteiger partial charge in [0.05, 0.1) is 11.0 Å². The molecule has 0 amide bonds. The molecule has 1 N–H and O–H groups in total. The molecule has 1 aromatic heterocycles. The Labute approximate surface area is 121 Å². The van der Waals surface area contributed by atoms with Crippen molar-refractivity contribution >= 4 is 22.8 Å². The maximum atomic E-state index is 10.7. The lowest BCUT2D eigenvalue weighted by Gasteiger charge is -2.22. The lowest BCUT2D eigenvalue weighted by Crippen LogP contribution is -2.22. The van der Waals surface area contributed by atoms with E-state index in [0.717, 1.165) is 25.9 Å². The molecule has 2 heterocycles. The van der Waals surface area contributed by atoms with Crippen LogP contribution in [-0.2, 0) is 4.74 Å². The highest BCUT2D eigenvalue weighted by Crippen LogP contribution is 2.23. The third kappa shape index (κ3) is 3.30. The smallest absolute Gasteiger partial charge is 0.295 e. The number of nitro groups is 1. The maximum absolute atomic E-state index is 10.7. The molecule has 21 heavy (non-hydrogen) atoms. The highest BCUT2D eigenvalue weighted by Gasteiger charge is 2.14. The van der Waals surface area contributed by atoms with Crippen molar-refractivity contribution in [3.63, 3.8) is 0 Å². The standard InChI is InChI=1S/C14H17N3O4/c18-17(19)10-4-5-13-12(9-10)16-14(21-13)15-7-6-11-3-1-2-8-20-11/h4-5,9,11H,1-3,6-8H2,(H,15,16). The van der Waals surface area contributed by atoms with Gasteiger partial charge in [-0.2, -0.15) is 4.98 Å². The van der Waals surface area contributed by atoms with E-state index in [1.807, 2.05) is 0 Å². The third-order valence-electron chi connectivity index (χ3n) is 3.60. The second-order valence-corrected chi connectivity index (χ2v) is 5.13. The van der Waals surface area contributed by atoms with Crippen LogP contribution in [0.4, 0.5) is 11.7 Å². The summed E-state index contributed by atoms with van der Waals surface area (Å²) < 4.78 is 11.2. The van der Waals surface area contributed by atoms with E-state index in [1.165, 1.54) is 18.6 Å². The average Bonchev–Trinajstić information content (AvgIpc) is 2.90. The summed E-state index contributed by atoms with van der Waals surface area (Å²) in [5.74, 6) is 0. The Hall–Kier alpha value is -2.15. The number of hydrogen-bond acceptors (Lipinski definition) is 6. The number of nitrogens with zero attached hydrogens (tertiary/aromatic N) is 2. The quantitative estimate of drug-likeness (QED) is 0.672. The minimum Gasteiger partial charge on any atom is -0.424 e. The van der Waals surface area contributed by atoms with Gasteiger partial charge < -0.3 is 14.5 Å². The Morgan fingerprint density at radius 1 is 1.43 bits per heavy atom. The van der Waals surface area contributed by atoms with Crippen molar-refractivity contribution in [3.8, 4) is 0 Å². The number of anilines is 1. The minimum atomic E-state index is -0.443. The SMILES string of the molecule is O=[N+]([O-])c1ccc2oc(NCCC3CCCCO3)nc2c1. The van der Waals surface area contributed by atoms with Gasteiger partial charge >= 0.3 is 0 Å². The second-order valence-electron chi connectivity index (χ2n) is 5.13. The number of benzene rings is 1. The molecule has 0 bridgehead atoms. The predicted molar refractivity (Wildman–Crippen MR) is 77.4 cm³/mol. The molecule has 1 saturated heterocycles. The van der Waals surface area contributed by atoms with Crippen LogP contribution in [0, 0.1) is 10.1 Å². The Morgan fingerprint density at radius 3 is 3.10 bits per heavy atom. The highest BCUT2D eigenvalue weighted by molar-refractivity contribution is 5.77. The fourth-order valence-corrected chi connectivity index (χ4v) is 2.48. The van der Waals surface area contributed by atoms with Gasteiger partial charge in [0, 0.05) is 25.3 Å². The molecular formula is C14H17N3O4. The van der Waals surface area contributed by atoms with Gasteiger partial charge in [0.2, 0.25) is 0 Å². The number of fused-ring (bicyclic) bond motifs is 1. The van der Waals surface area contributed by atoms with Crippen molar-refractivity contribution in [2.45, 2.75) is 31.8 Å². The Morgan fingerprint density at radius 2 is 2.33 bits per heavy atom. The number of nitro benzene ring substituents is 1. The zero-order valence-corrected chi connectivity index (χ0v) is 11.6. The molecule has 2 aromatic rings. The molecule has 0 radical (unpaired) electrons. The van der Waals surface area contributed by atoms with Gasteiger partial charge in [-0.3, -0.25) is 10.1 Å². The number of hydrogen-bond donors (Lipinski definition) is 1. The molecule has 0 saturated carbocycles. The molecule has 1 fully saturated rings. The average molecular weight is 291 g/mol. The summed E-state index contributed by atoms with van der Waals surface area (Å²) >= 11 is 0. The van der Waals surface area contributed by atoms with E-state index < -0.39 is 4.92 Å². The topological polar surface area (TPSA) is 90.4 Å². The molecule has 1 unspecified atom stereocenters. The van der Waals surface area contributed by atoms with E-state index in [4.69, 9.17) is 9.15 Å². The van der Waals surface area contributed by atoms with Crippen LogP contribution in [0.15, 0.2) is 22.6 Å². The van der Waals surface area contributed by atoms with Crippen LogP contribution in [0.5, 0.6) is 0 Å². The van der Waals surface area contributed by atoms with Crippen LogP contribution >= 0.6 is 0 Å². The molecule has 3 rings (SSSR count). The van der Waals surface area contributed by atoms with Gasteiger partial charge in [-0.05, 0) is 31.7 Å². The highest BCUT2D eigenvalue weighted by atomic mass is 16.6. The molecular weight excluding hydrogens is 274 g/mol. The summed E-state index contributed by atoms with van der Waals surface area (Å²) in [6.07, 6.45) is 4.67. The Bertz CT molecular complexity index is 634. The summed E-state index contributed by atoms with van der Waals surface area (Å²) in [5.41, 5.74) is 1.04. The molecule has 112 valence electrons. The maximum Gasteiger partial charge on any atom is 0.295 e. The van der Waals surface area contributed by atoms with Gasteiger partial charge in [0.1, 0.15) is 5.52 Å². The summed E-state index contributed by atoms with van der Waals surface area (Å²) in [7, 11) is 0. The van der Waals surface area contributed by atoms with Gasteiger partial charge in [0.25, 0.3) is 11.7 Å². The number of nitrogens with one attached hydrogen (secondary N) is 1. The fraction of sp³-hybridized carbons (Fsp3) is 0.500. The molecule has 0 spiro atoms. The molecule has 1 aromatic carbocycles. The van der Waals surface area contributed by atoms with Crippen LogP contribution in [0.25, 0.3) is 11.1 Å². The lowest BCUT2D eigenvalue weighted by molar-refractivity contribution is -0.384. The van der Waals surface area contributed by atoms with Crippen LogP contribution in [0.3, 0.4) is 0 Å². The van der Waals surface area contributed by atoms with E-state index in [0.29, 0.717) is 29.8 Å². The predicted octanol–water partition coefficient (Wildman–Crippen LogP) is 3.11. The summed E-state index contributed by atoms with van der Waals surface area (Å²) in [5, 5.41) is 13.8. The number of ether oxygens (including phenoxy) is 1. The zero-order valence-electron chi connectivity index (χ0n) is 11.6. The molecule has 7 heteroatoms. The molecule has 7 nitrogen and oxygen atoms in total. The normalized spacial score (nSPS) is 18.8. The lowest BCUT2D eigenvalue weighted by atomic mass is 10.1. The van der Waals surface area contributed by atoms with E-state index in [1.54, 1.807) is 6.07 Å². The van der Waals surface area contributed by atoms with Crippen molar-refractivity contribution < 1.29 is 14.1 Å². The van der Waals surface area contributed by atoms with Crippen molar-refractivity contribution in [1.29, 1.82) is 0 Å². The molecule has 1 aliphatic heterocycles. The van der Waals surface area contributed by atoms with E-state index in [2.05, 4.69) is 10.3 Å². The first-order chi connectivity index (χ1) is 10.2. The fourth-order valence-electron chi connectivity index (χ4n) is 2.48. The number of oxazole rings is 1. The summed E-state index contributed by atoms with van der Waals surface area (Å²) in [4.78, 5) is 14.5. The summed E-state index contributed by atoms with van der Waals surface area (Å²) in [6.45, 7) is 1.55. The first-order valence-corrected chi connectivity index (χ1v) is 7.13. The van der Waals surface area contributed by atoms with Gasteiger partial charge in [-0.15, -0.1) is 0 Å². The van der Waals surface area contributed by atoms with E-state index in [9.17, 15) is 10.1 Å². The van der Waals surface area contributed by atoms with Crippen LogP contribution in [-0.4, -0.2) is 29.2 Å². The molecule has 0 aliphatic carbocycles. The number of non-ortho nitro benzene ring substituents is 1. The monoisotopic (exact) mass is 291 g/mol. The zero-order chi connectivity index (χ0) is 14.7. The molecule has 1 aliphatic rings. The number of aromatic nitrogens is 1.